The Morgan fingerprint density at radius 3 is 0.824 bits per heavy atom. The average Bonchev–Trinajstić information content (AvgIpc) is 2.84. The van der Waals surface area contributed by atoms with Gasteiger partial charge in [-0.3, -0.25) is 14.7 Å². The molecule has 34 heavy (non-hydrogen) atoms. The van der Waals surface area contributed by atoms with Gasteiger partial charge in [-0.05, 0) is 0 Å². The highest BCUT2D eigenvalue weighted by molar-refractivity contribution is 4.69. The molecule has 0 saturated carbocycles. The van der Waals surface area contributed by atoms with E-state index in [2.05, 4.69) is 36.0 Å². The average molecular weight is 491 g/mol. The maximum Gasteiger partial charge on any atom is 0.0110 e. The molecule has 0 aliphatic heterocycles. The van der Waals surface area contributed by atoms with Crippen LogP contribution in [-0.4, -0.2) is 159 Å². The number of nitrogens with zero attached hydrogens (tertiary/aromatic N) is 3. The summed E-state index contributed by atoms with van der Waals surface area (Å²) in [7, 11) is 0. The standard InChI is InChI=1S/C22H58N12/c23-1-6-28-9-17-33(18-10-29-7-2-24)21-22-34(19-11-30-8-3-25)20-13-31-12-16-32(14-4-26)15-5-27/h28-31H,1-27H2. The zero-order chi connectivity index (χ0) is 25.1. The van der Waals surface area contributed by atoms with Gasteiger partial charge in [-0.2, -0.15) is 0 Å². The molecule has 14 N–H and O–H groups in total. The van der Waals surface area contributed by atoms with Crippen LogP contribution in [-0.2, 0) is 0 Å². The molecule has 0 aromatic heterocycles. The largest absolute Gasteiger partial charge is 0.329 e. The van der Waals surface area contributed by atoms with E-state index in [1.54, 1.807) is 0 Å². The Morgan fingerprint density at radius 2 is 0.559 bits per heavy atom. The number of nitrogens with one attached hydrogen (secondary N) is 4. The molecule has 0 aliphatic rings. The number of rotatable bonds is 28. The van der Waals surface area contributed by atoms with Gasteiger partial charge in [0, 0.05) is 144 Å². The zero-order valence-corrected chi connectivity index (χ0v) is 21.8. The van der Waals surface area contributed by atoms with E-state index in [0.29, 0.717) is 32.7 Å². The Morgan fingerprint density at radius 1 is 0.294 bits per heavy atom. The molecule has 206 valence electrons. The monoisotopic (exact) mass is 490 g/mol. The van der Waals surface area contributed by atoms with Crippen LogP contribution < -0.4 is 49.9 Å². The van der Waals surface area contributed by atoms with E-state index in [1.165, 1.54) is 0 Å². The molecule has 0 radical (unpaired) electrons. The molecule has 0 rings (SSSR count). The number of nitrogens with two attached hydrogens (primary N) is 5. The highest BCUT2D eigenvalue weighted by atomic mass is 15.2. The minimum atomic E-state index is 0.670. The first-order valence-electron chi connectivity index (χ1n) is 13.2. The third kappa shape index (κ3) is 22.0. The summed E-state index contributed by atoms with van der Waals surface area (Å²) in [6, 6.07) is 0. The highest BCUT2D eigenvalue weighted by Gasteiger charge is 2.10. The van der Waals surface area contributed by atoms with Crippen LogP contribution in [0.2, 0.25) is 0 Å². The molecule has 0 heterocycles. The van der Waals surface area contributed by atoms with Gasteiger partial charge in [0.25, 0.3) is 0 Å². The Kier molecular flexibility index (Phi) is 26.7. The maximum absolute atomic E-state index is 5.70. The fraction of sp³-hybridized carbons (Fsp3) is 1.00. The second-order valence-electron chi connectivity index (χ2n) is 8.47. The van der Waals surface area contributed by atoms with Gasteiger partial charge in [-0.15, -0.1) is 0 Å². The first-order chi connectivity index (χ1) is 16.7. The van der Waals surface area contributed by atoms with E-state index in [4.69, 9.17) is 28.7 Å². The Labute approximate surface area is 209 Å². The van der Waals surface area contributed by atoms with Crippen molar-refractivity contribution in [1.82, 2.24) is 36.0 Å². The molecular formula is C22H58N12. The van der Waals surface area contributed by atoms with Gasteiger partial charge in [0.1, 0.15) is 0 Å². The van der Waals surface area contributed by atoms with Crippen LogP contribution >= 0.6 is 0 Å². The molecule has 0 aliphatic carbocycles. The molecule has 0 bridgehead atoms. The predicted molar refractivity (Wildman–Crippen MR) is 146 cm³/mol. The van der Waals surface area contributed by atoms with Crippen molar-refractivity contribution in [3.05, 3.63) is 0 Å². The van der Waals surface area contributed by atoms with Crippen molar-refractivity contribution in [3.63, 3.8) is 0 Å². The summed E-state index contributed by atoms with van der Waals surface area (Å²) in [5.41, 5.74) is 28.2. The van der Waals surface area contributed by atoms with Gasteiger partial charge in [0.2, 0.25) is 0 Å². The molecule has 0 aromatic rings. The van der Waals surface area contributed by atoms with Gasteiger partial charge < -0.3 is 49.9 Å². The van der Waals surface area contributed by atoms with Crippen molar-refractivity contribution >= 4 is 0 Å². The van der Waals surface area contributed by atoms with Gasteiger partial charge in [-0.1, -0.05) is 0 Å². The minimum Gasteiger partial charge on any atom is -0.329 e. The fourth-order valence-corrected chi connectivity index (χ4v) is 3.65. The lowest BCUT2D eigenvalue weighted by molar-refractivity contribution is 0.203. The van der Waals surface area contributed by atoms with Crippen LogP contribution in [0.25, 0.3) is 0 Å². The molecule has 0 aromatic carbocycles. The van der Waals surface area contributed by atoms with Gasteiger partial charge in [0.05, 0.1) is 0 Å². The van der Waals surface area contributed by atoms with Crippen molar-refractivity contribution in [3.8, 4) is 0 Å². The normalized spacial score (nSPS) is 12.0. The minimum absolute atomic E-state index is 0.670. The second-order valence-corrected chi connectivity index (χ2v) is 8.47. The molecule has 0 amide bonds. The first-order valence-corrected chi connectivity index (χ1v) is 13.2. The van der Waals surface area contributed by atoms with Crippen molar-refractivity contribution in [2.45, 2.75) is 0 Å². The molecule has 0 spiro atoms. The van der Waals surface area contributed by atoms with Gasteiger partial charge in [0.15, 0.2) is 0 Å². The summed E-state index contributed by atoms with van der Waals surface area (Å²) in [5, 5.41) is 13.8. The van der Waals surface area contributed by atoms with Crippen LogP contribution in [0.5, 0.6) is 0 Å². The van der Waals surface area contributed by atoms with Crippen molar-refractivity contribution in [2.24, 2.45) is 28.7 Å². The van der Waals surface area contributed by atoms with Crippen LogP contribution in [0.4, 0.5) is 0 Å². The molecule has 12 nitrogen and oxygen atoms in total. The summed E-state index contributed by atoms with van der Waals surface area (Å²) in [6.45, 7) is 19.6. The van der Waals surface area contributed by atoms with Crippen molar-refractivity contribution in [1.29, 1.82) is 0 Å². The third-order valence-corrected chi connectivity index (χ3v) is 5.61. The van der Waals surface area contributed by atoms with Crippen LogP contribution in [0.3, 0.4) is 0 Å². The van der Waals surface area contributed by atoms with E-state index in [0.717, 1.165) is 111 Å². The molecule has 0 fully saturated rings. The lowest BCUT2D eigenvalue weighted by atomic mass is 10.3. The number of hydrogen-bond acceptors (Lipinski definition) is 12. The lowest BCUT2D eigenvalue weighted by Crippen LogP contribution is -2.45. The van der Waals surface area contributed by atoms with E-state index in [-0.39, 0.29) is 0 Å². The summed E-state index contributed by atoms with van der Waals surface area (Å²) in [5.74, 6) is 0. The summed E-state index contributed by atoms with van der Waals surface area (Å²) < 4.78 is 0. The van der Waals surface area contributed by atoms with E-state index in [9.17, 15) is 0 Å². The van der Waals surface area contributed by atoms with Crippen molar-refractivity contribution < 1.29 is 0 Å². The van der Waals surface area contributed by atoms with E-state index in [1.807, 2.05) is 0 Å². The summed E-state index contributed by atoms with van der Waals surface area (Å²) in [6.07, 6.45) is 0. The Hall–Kier alpha value is -0.480. The summed E-state index contributed by atoms with van der Waals surface area (Å²) >= 11 is 0. The van der Waals surface area contributed by atoms with Gasteiger partial charge >= 0.3 is 0 Å². The van der Waals surface area contributed by atoms with E-state index < -0.39 is 0 Å². The van der Waals surface area contributed by atoms with Crippen LogP contribution in [0.1, 0.15) is 0 Å². The molecule has 0 saturated heterocycles. The lowest BCUT2D eigenvalue weighted by Gasteiger charge is -2.28. The predicted octanol–water partition coefficient (Wildman–Crippen LogP) is -4.96. The first kappa shape index (κ1) is 33.5. The Bertz CT molecular complexity index is 373. The SMILES string of the molecule is NCCNCCN(CCNCCN)CCN(CCNCCN)CCNCCN(CCN)CCN. The zero-order valence-electron chi connectivity index (χ0n) is 21.8. The van der Waals surface area contributed by atoms with Crippen LogP contribution in [0.15, 0.2) is 0 Å². The molecule has 0 atom stereocenters. The van der Waals surface area contributed by atoms with E-state index >= 15 is 0 Å². The van der Waals surface area contributed by atoms with Crippen molar-refractivity contribution in [2.75, 3.05) is 144 Å². The third-order valence-electron chi connectivity index (χ3n) is 5.61. The molecule has 12 heteroatoms. The Balaban J connectivity index is 4.49. The van der Waals surface area contributed by atoms with Crippen LogP contribution in [0, 0.1) is 0 Å². The highest BCUT2D eigenvalue weighted by Crippen LogP contribution is 1.93. The molecular weight excluding hydrogens is 432 g/mol. The maximum atomic E-state index is 5.70. The second kappa shape index (κ2) is 27.1. The topological polar surface area (TPSA) is 188 Å². The van der Waals surface area contributed by atoms with Gasteiger partial charge in [-0.25, -0.2) is 0 Å². The molecule has 0 unspecified atom stereocenters. The fourth-order valence-electron chi connectivity index (χ4n) is 3.65. The quantitative estimate of drug-likeness (QED) is 0.0476. The number of hydrogen-bond donors (Lipinski definition) is 9. The summed E-state index contributed by atoms with van der Waals surface area (Å²) in [4.78, 5) is 7.36. The smallest absolute Gasteiger partial charge is 0.0110 e.